The molecule has 0 aromatic heterocycles. The van der Waals surface area contributed by atoms with E-state index in [1.54, 1.807) is 0 Å². The monoisotopic (exact) mass is 513 g/mol. The number of nitrogens with zero attached hydrogens (tertiary/aromatic N) is 1. The summed E-state index contributed by atoms with van der Waals surface area (Å²) in [7, 11) is 0. The first-order chi connectivity index (χ1) is 17.4. The van der Waals surface area contributed by atoms with Crippen LogP contribution in [-0.2, 0) is 14.3 Å². The maximum Gasteiger partial charge on any atom is 0.302 e. The molecule has 0 radical (unpaired) electrons. The molecule has 7 rings (SSSR count). The van der Waals surface area contributed by atoms with E-state index in [-0.39, 0.29) is 23.6 Å². The molecule has 7 fully saturated rings. The third-order valence-electron chi connectivity index (χ3n) is 14.5. The van der Waals surface area contributed by atoms with Gasteiger partial charge in [0.2, 0.25) is 0 Å². The van der Waals surface area contributed by atoms with Gasteiger partial charge in [-0.15, -0.1) is 0 Å². The van der Waals surface area contributed by atoms with Gasteiger partial charge in [-0.1, -0.05) is 34.1 Å². The second-order valence-electron chi connectivity index (χ2n) is 15.7. The van der Waals surface area contributed by atoms with Crippen LogP contribution in [0.3, 0.4) is 0 Å². The second kappa shape index (κ2) is 7.75. The van der Waals surface area contributed by atoms with E-state index < -0.39 is 11.7 Å². The van der Waals surface area contributed by atoms with Crippen LogP contribution < -0.4 is 0 Å². The van der Waals surface area contributed by atoms with Crippen LogP contribution in [0.15, 0.2) is 0 Å². The molecule has 37 heavy (non-hydrogen) atoms. The largest absolute Gasteiger partial charge is 0.462 e. The first kappa shape index (κ1) is 25.3. The van der Waals surface area contributed by atoms with Crippen LogP contribution in [0.4, 0.5) is 0 Å². The molecular formula is C32H51NO4. The molecule has 1 spiro atoms. The lowest BCUT2D eigenvalue weighted by atomic mass is 9.41. The smallest absolute Gasteiger partial charge is 0.302 e. The number of hydrogen-bond donors (Lipinski definition) is 1. The number of aliphatic hydroxyl groups is 1. The van der Waals surface area contributed by atoms with Gasteiger partial charge in [0.05, 0.1) is 11.0 Å². The van der Waals surface area contributed by atoms with Gasteiger partial charge in [-0.2, -0.15) is 0 Å². The van der Waals surface area contributed by atoms with Gasteiger partial charge in [-0.25, -0.2) is 0 Å². The lowest BCUT2D eigenvalue weighted by molar-refractivity contribution is -0.188. The van der Waals surface area contributed by atoms with Gasteiger partial charge < -0.3 is 14.6 Å². The van der Waals surface area contributed by atoms with Gasteiger partial charge in [0.1, 0.15) is 6.10 Å². The number of fused-ring (bicyclic) bond motifs is 4. The van der Waals surface area contributed by atoms with Gasteiger partial charge in [0.15, 0.2) is 6.29 Å². The van der Waals surface area contributed by atoms with Crippen molar-refractivity contribution in [3.8, 4) is 0 Å². The fourth-order valence-electron chi connectivity index (χ4n) is 13.0. The molecule has 0 amide bonds. The number of rotatable bonds is 5. The van der Waals surface area contributed by atoms with Crippen molar-refractivity contribution in [1.82, 2.24) is 4.90 Å². The third-order valence-corrected chi connectivity index (χ3v) is 14.5. The lowest BCUT2D eigenvalue weighted by Crippen LogP contribution is -2.68. The summed E-state index contributed by atoms with van der Waals surface area (Å²) >= 11 is 0. The van der Waals surface area contributed by atoms with Crippen LogP contribution in [0.25, 0.3) is 0 Å². The summed E-state index contributed by atoms with van der Waals surface area (Å²) in [5.41, 5.74) is 0.348. The van der Waals surface area contributed by atoms with Gasteiger partial charge in [-0.05, 0) is 106 Å². The number of carbonyl (C=O) groups is 1. The van der Waals surface area contributed by atoms with Crippen molar-refractivity contribution in [1.29, 1.82) is 0 Å². The van der Waals surface area contributed by atoms with Gasteiger partial charge in [-0.3, -0.25) is 9.69 Å². The highest BCUT2D eigenvalue weighted by Crippen LogP contribution is 2.79. The Kier molecular flexibility index (Phi) is 5.31. The summed E-state index contributed by atoms with van der Waals surface area (Å²) in [6.45, 7) is 14.9. The first-order valence-electron chi connectivity index (χ1n) is 15.7. The zero-order valence-corrected chi connectivity index (χ0v) is 24.2. The first-order valence-corrected chi connectivity index (χ1v) is 15.7. The predicted octanol–water partition coefficient (Wildman–Crippen LogP) is 5.93. The van der Waals surface area contributed by atoms with E-state index in [2.05, 4.69) is 39.5 Å². The van der Waals surface area contributed by atoms with Crippen LogP contribution in [0.1, 0.15) is 112 Å². The van der Waals surface area contributed by atoms with Gasteiger partial charge in [0, 0.05) is 31.0 Å². The summed E-state index contributed by atoms with van der Waals surface area (Å²) in [6.07, 6.45) is 12.7. The van der Waals surface area contributed by atoms with E-state index in [0.29, 0.717) is 22.4 Å². The normalized spacial score (nSPS) is 59.1. The minimum absolute atomic E-state index is 0.204. The summed E-state index contributed by atoms with van der Waals surface area (Å²) in [4.78, 5) is 15.2. The summed E-state index contributed by atoms with van der Waals surface area (Å²) in [5.74, 6) is 3.13. The Morgan fingerprint density at radius 2 is 1.86 bits per heavy atom. The third kappa shape index (κ3) is 2.81. The average molecular weight is 514 g/mol. The summed E-state index contributed by atoms with van der Waals surface area (Å²) < 4.78 is 12.3. The molecule has 4 heterocycles. The van der Waals surface area contributed by atoms with Crippen molar-refractivity contribution in [2.75, 3.05) is 6.54 Å². The SMILES string of the molecule is CC(=O)O[C@@H]1CC[C@@]2(C)O[C@H](O)[C@@]1(C)[C@@H]2CC[C@@]12[C@@H]3CCC[C@@]34CC[C@H]3CN4[C@@H]1[C@@H](C(C)C)CC[C@@]32C. The minimum atomic E-state index is -0.870. The molecule has 3 saturated carbocycles. The number of esters is 1. The Hall–Kier alpha value is -0.650. The molecular weight excluding hydrogens is 462 g/mol. The molecule has 5 nitrogen and oxygen atoms in total. The molecule has 7 aliphatic rings. The van der Waals surface area contributed by atoms with Crippen LogP contribution in [0, 0.1) is 45.8 Å². The summed E-state index contributed by atoms with van der Waals surface area (Å²) in [6, 6.07) is 0.713. The summed E-state index contributed by atoms with van der Waals surface area (Å²) in [5, 5.41) is 11.3. The standard InChI is InChI=1S/C32H51NO4/c1-19(2)22-10-14-28(4)21-9-16-31-13-7-8-24(31)32(28,26(22)33(31)18-21)17-11-23-29(5)15-12-25(36-20(3)34)30(23,6)27(35)37-29/h19,21-27,35H,7-18H2,1-6H3/t21-,22+,23+,24+,25+,26+,27-,28-,29+,30-,31+,32+/m0/s1. The van der Waals surface area contributed by atoms with E-state index in [0.717, 1.165) is 42.9 Å². The molecule has 0 aromatic carbocycles. The van der Waals surface area contributed by atoms with Crippen LogP contribution in [0.2, 0.25) is 0 Å². The zero-order chi connectivity index (χ0) is 26.2. The zero-order valence-electron chi connectivity index (χ0n) is 24.2. The van der Waals surface area contributed by atoms with Crippen LogP contribution in [-0.4, -0.2) is 52.1 Å². The van der Waals surface area contributed by atoms with Crippen molar-refractivity contribution in [3.63, 3.8) is 0 Å². The molecule has 3 aliphatic carbocycles. The number of aliphatic hydroxyl groups excluding tert-OH is 1. The molecule has 0 aromatic rings. The van der Waals surface area contributed by atoms with Gasteiger partial charge in [0.25, 0.3) is 0 Å². The van der Waals surface area contributed by atoms with E-state index in [9.17, 15) is 9.90 Å². The van der Waals surface area contributed by atoms with Crippen molar-refractivity contribution in [2.24, 2.45) is 45.8 Å². The van der Waals surface area contributed by atoms with Crippen molar-refractivity contribution < 1.29 is 19.4 Å². The Labute approximate surface area is 224 Å². The fraction of sp³-hybridized carbons (Fsp3) is 0.969. The minimum Gasteiger partial charge on any atom is -0.462 e. The highest BCUT2D eigenvalue weighted by atomic mass is 16.6. The molecule has 4 aliphatic heterocycles. The second-order valence-corrected chi connectivity index (χ2v) is 15.7. The number of carbonyl (C=O) groups excluding carboxylic acids is 1. The number of ether oxygens (including phenoxy) is 2. The van der Waals surface area contributed by atoms with Crippen LogP contribution in [0.5, 0.6) is 0 Å². The molecule has 7 bridgehead atoms. The topological polar surface area (TPSA) is 59.0 Å². The molecule has 1 unspecified atom stereocenters. The number of piperidine rings is 2. The Balaban J connectivity index is 1.30. The molecule has 4 saturated heterocycles. The molecule has 1 N–H and O–H groups in total. The van der Waals surface area contributed by atoms with Crippen LogP contribution >= 0.6 is 0 Å². The van der Waals surface area contributed by atoms with Crippen molar-refractivity contribution in [2.45, 2.75) is 142 Å². The van der Waals surface area contributed by atoms with E-state index in [1.165, 1.54) is 64.8 Å². The quantitative estimate of drug-likeness (QED) is 0.462. The number of hydrogen-bond acceptors (Lipinski definition) is 5. The van der Waals surface area contributed by atoms with Crippen molar-refractivity contribution in [3.05, 3.63) is 0 Å². The fourth-order valence-corrected chi connectivity index (χ4v) is 13.0. The highest BCUT2D eigenvalue weighted by Gasteiger charge is 2.80. The molecule has 13 atom stereocenters. The van der Waals surface area contributed by atoms with E-state index >= 15 is 0 Å². The maximum absolute atomic E-state index is 12.1. The Morgan fingerprint density at radius 3 is 2.59 bits per heavy atom. The maximum atomic E-state index is 12.1. The Morgan fingerprint density at radius 1 is 1.08 bits per heavy atom. The molecule has 208 valence electrons. The van der Waals surface area contributed by atoms with E-state index in [4.69, 9.17) is 9.47 Å². The Bertz CT molecular complexity index is 984. The van der Waals surface area contributed by atoms with E-state index in [1.807, 2.05) is 0 Å². The average Bonchev–Trinajstić information content (AvgIpc) is 3.35. The predicted molar refractivity (Wildman–Crippen MR) is 143 cm³/mol. The van der Waals surface area contributed by atoms with Crippen molar-refractivity contribution >= 4 is 5.97 Å². The van der Waals surface area contributed by atoms with Gasteiger partial charge >= 0.3 is 5.97 Å². The highest BCUT2D eigenvalue weighted by molar-refractivity contribution is 5.66. The lowest BCUT2D eigenvalue weighted by Gasteiger charge is -2.67. The molecule has 5 heteroatoms.